The summed E-state index contributed by atoms with van der Waals surface area (Å²) >= 11 is 0. The zero-order valence-electron chi connectivity index (χ0n) is 17.2. The molecule has 2 aromatic heterocycles. The minimum Gasteiger partial charge on any atom is -0.497 e. The quantitative estimate of drug-likeness (QED) is 0.577. The highest BCUT2D eigenvalue weighted by Crippen LogP contribution is 2.23. The van der Waals surface area contributed by atoms with Crippen molar-refractivity contribution in [3.05, 3.63) is 64.2 Å². The van der Waals surface area contributed by atoms with Gasteiger partial charge in [0.1, 0.15) is 11.4 Å². The average molecular weight is 397 g/mol. The van der Waals surface area contributed by atoms with Crippen LogP contribution < -0.4 is 20.3 Å². The molecule has 0 amide bonds. The van der Waals surface area contributed by atoms with E-state index < -0.39 is 0 Å². The maximum absolute atomic E-state index is 12.4. The molecule has 0 spiro atoms. The molecule has 0 unspecified atom stereocenters. The summed E-state index contributed by atoms with van der Waals surface area (Å²) in [6.07, 6.45) is 1.81. The number of hydrogen-bond acceptors (Lipinski definition) is 6. The number of nitrogens with zero attached hydrogens (tertiary/aromatic N) is 3. The number of methoxy groups -OCH3 is 1. The van der Waals surface area contributed by atoms with Gasteiger partial charge in [0.2, 0.25) is 5.88 Å². The van der Waals surface area contributed by atoms with E-state index in [0.717, 1.165) is 17.0 Å². The molecule has 8 nitrogen and oxygen atoms in total. The van der Waals surface area contributed by atoms with E-state index in [9.17, 15) is 4.79 Å². The van der Waals surface area contributed by atoms with Crippen LogP contribution in [-0.2, 0) is 13.6 Å². The molecule has 0 aliphatic heterocycles. The average Bonchev–Trinajstić information content (AvgIpc) is 3.28. The first kappa shape index (κ1) is 20.4. The van der Waals surface area contributed by atoms with E-state index in [2.05, 4.69) is 34.5 Å². The molecular weight excluding hydrogens is 370 g/mol. The van der Waals surface area contributed by atoms with E-state index in [4.69, 9.17) is 9.47 Å². The van der Waals surface area contributed by atoms with Gasteiger partial charge in [-0.2, -0.15) is 5.10 Å². The normalized spacial score (nSPS) is 13.0. The number of benzene rings is 1. The Morgan fingerprint density at radius 3 is 2.62 bits per heavy atom. The number of H-pyrrole nitrogens is 1. The highest BCUT2D eigenvalue weighted by Gasteiger charge is 2.17. The van der Waals surface area contributed by atoms with E-state index in [-0.39, 0.29) is 17.4 Å². The number of hydrogen-bond donors (Lipinski definition) is 2. The second-order valence-electron chi connectivity index (χ2n) is 7.10. The van der Waals surface area contributed by atoms with E-state index in [1.807, 2.05) is 36.5 Å². The van der Waals surface area contributed by atoms with Crippen molar-refractivity contribution < 1.29 is 9.47 Å². The zero-order chi connectivity index (χ0) is 20.8. The molecule has 2 atom stereocenters. The van der Waals surface area contributed by atoms with Gasteiger partial charge in [0, 0.05) is 31.8 Å². The molecule has 0 radical (unpaired) electrons. The van der Waals surface area contributed by atoms with Gasteiger partial charge >= 0.3 is 0 Å². The zero-order valence-corrected chi connectivity index (χ0v) is 17.2. The summed E-state index contributed by atoms with van der Waals surface area (Å²) in [6.45, 7) is 5.19. The molecule has 8 heteroatoms. The van der Waals surface area contributed by atoms with Crippen LogP contribution in [-0.4, -0.2) is 33.7 Å². The summed E-state index contributed by atoms with van der Waals surface area (Å²) in [7, 11) is 3.25. The van der Waals surface area contributed by atoms with Crippen molar-refractivity contribution in [1.29, 1.82) is 0 Å². The topological polar surface area (TPSA) is 94.1 Å². The van der Waals surface area contributed by atoms with Crippen molar-refractivity contribution in [1.82, 2.24) is 20.0 Å². The molecule has 0 aliphatic carbocycles. The standard InChI is InChI=1S/C21H27N5O3/c1-14(15(2)18-9-10-23-24-18)13-29-20-11-19(21(27)26(3)25-20)22-12-16-5-7-17(28-4)8-6-16/h5-11,14-15,22H,12-13H2,1-4H3,(H,23,24)/t14-,15+/m1/s1. The molecule has 0 saturated heterocycles. The van der Waals surface area contributed by atoms with Gasteiger partial charge in [0.15, 0.2) is 0 Å². The van der Waals surface area contributed by atoms with Gasteiger partial charge in [-0.1, -0.05) is 26.0 Å². The predicted octanol–water partition coefficient (Wildman–Crippen LogP) is 2.94. The largest absolute Gasteiger partial charge is 0.497 e. The summed E-state index contributed by atoms with van der Waals surface area (Å²) in [6, 6.07) is 11.3. The van der Waals surface area contributed by atoms with Crippen LogP contribution in [0.5, 0.6) is 11.6 Å². The molecule has 3 rings (SSSR count). The van der Waals surface area contributed by atoms with Crippen molar-refractivity contribution in [2.75, 3.05) is 19.0 Å². The van der Waals surface area contributed by atoms with Crippen LogP contribution in [0.25, 0.3) is 0 Å². The lowest BCUT2D eigenvalue weighted by Crippen LogP contribution is -2.24. The van der Waals surface area contributed by atoms with Crippen molar-refractivity contribution in [2.24, 2.45) is 13.0 Å². The van der Waals surface area contributed by atoms with E-state index >= 15 is 0 Å². The molecular formula is C21H27N5O3. The first-order valence-electron chi connectivity index (χ1n) is 9.55. The Labute approximate surface area is 169 Å². The molecule has 0 fully saturated rings. The van der Waals surface area contributed by atoms with Gasteiger partial charge in [0.25, 0.3) is 5.56 Å². The number of rotatable bonds is 9. The van der Waals surface area contributed by atoms with Gasteiger partial charge in [0.05, 0.1) is 19.4 Å². The van der Waals surface area contributed by atoms with E-state index in [1.165, 1.54) is 4.68 Å². The van der Waals surface area contributed by atoms with Crippen LogP contribution >= 0.6 is 0 Å². The maximum Gasteiger partial charge on any atom is 0.290 e. The third-order valence-electron chi connectivity index (χ3n) is 5.02. The minimum atomic E-state index is -0.205. The first-order valence-corrected chi connectivity index (χ1v) is 9.55. The summed E-state index contributed by atoms with van der Waals surface area (Å²) in [5.41, 5.74) is 2.27. The summed E-state index contributed by atoms with van der Waals surface area (Å²) in [5, 5.41) is 14.5. The van der Waals surface area contributed by atoms with E-state index in [0.29, 0.717) is 24.7 Å². The Morgan fingerprint density at radius 2 is 1.97 bits per heavy atom. The number of ether oxygens (including phenoxy) is 2. The Bertz CT molecular complexity index is 967. The van der Waals surface area contributed by atoms with Crippen LogP contribution in [0, 0.1) is 5.92 Å². The highest BCUT2D eigenvalue weighted by atomic mass is 16.5. The lowest BCUT2D eigenvalue weighted by Gasteiger charge is -2.18. The van der Waals surface area contributed by atoms with Gasteiger partial charge in [-0.3, -0.25) is 9.89 Å². The third kappa shape index (κ3) is 5.16. The van der Waals surface area contributed by atoms with Crippen molar-refractivity contribution >= 4 is 5.69 Å². The van der Waals surface area contributed by atoms with E-state index in [1.54, 1.807) is 20.2 Å². The van der Waals surface area contributed by atoms with Gasteiger partial charge in [-0.15, -0.1) is 5.10 Å². The van der Waals surface area contributed by atoms with Crippen LogP contribution in [0.1, 0.15) is 31.0 Å². The fourth-order valence-electron chi connectivity index (χ4n) is 2.90. The molecule has 0 aliphatic rings. The Hall–Kier alpha value is -3.29. The predicted molar refractivity (Wildman–Crippen MR) is 111 cm³/mol. The number of aromatic amines is 1. The molecule has 154 valence electrons. The molecule has 3 aromatic rings. The lowest BCUT2D eigenvalue weighted by molar-refractivity contribution is 0.228. The molecule has 0 bridgehead atoms. The van der Waals surface area contributed by atoms with Crippen LogP contribution in [0.3, 0.4) is 0 Å². The smallest absolute Gasteiger partial charge is 0.290 e. The molecule has 0 saturated carbocycles. The molecule has 2 heterocycles. The van der Waals surface area contributed by atoms with Crippen molar-refractivity contribution in [3.63, 3.8) is 0 Å². The van der Waals surface area contributed by atoms with Crippen molar-refractivity contribution in [3.8, 4) is 11.6 Å². The maximum atomic E-state index is 12.4. The molecule has 29 heavy (non-hydrogen) atoms. The second-order valence-corrected chi connectivity index (χ2v) is 7.10. The highest BCUT2D eigenvalue weighted by molar-refractivity contribution is 5.44. The molecule has 2 N–H and O–H groups in total. The first-order chi connectivity index (χ1) is 14.0. The number of anilines is 1. The Morgan fingerprint density at radius 1 is 1.21 bits per heavy atom. The van der Waals surface area contributed by atoms with Gasteiger partial charge in [-0.05, 0) is 29.7 Å². The lowest BCUT2D eigenvalue weighted by atomic mass is 9.94. The number of aromatic nitrogens is 4. The third-order valence-corrected chi connectivity index (χ3v) is 5.02. The fourth-order valence-corrected chi connectivity index (χ4v) is 2.90. The minimum absolute atomic E-state index is 0.205. The Balaban J connectivity index is 1.64. The summed E-state index contributed by atoms with van der Waals surface area (Å²) < 4.78 is 12.3. The monoisotopic (exact) mass is 397 g/mol. The van der Waals surface area contributed by atoms with Crippen LogP contribution in [0.2, 0.25) is 0 Å². The second kappa shape index (κ2) is 9.27. The van der Waals surface area contributed by atoms with Gasteiger partial charge in [-0.25, -0.2) is 4.68 Å². The SMILES string of the molecule is COc1ccc(CNc2cc(OC[C@@H](C)[C@H](C)c3cc[nH]n3)nn(C)c2=O)cc1. The van der Waals surface area contributed by atoms with Crippen LogP contribution in [0.4, 0.5) is 5.69 Å². The fraction of sp³-hybridized carbons (Fsp3) is 0.381. The summed E-state index contributed by atoms with van der Waals surface area (Å²) in [5.74, 6) is 1.67. The summed E-state index contributed by atoms with van der Waals surface area (Å²) in [4.78, 5) is 12.4. The number of aryl methyl sites for hydroxylation is 1. The Kier molecular flexibility index (Phi) is 6.54. The van der Waals surface area contributed by atoms with Crippen molar-refractivity contribution in [2.45, 2.75) is 26.3 Å². The van der Waals surface area contributed by atoms with Crippen LogP contribution in [0.15, 0.2) is 47.4 Å². The molecule has 1 aromatic carbocycles. The number of nitrogens with one attached hydrogen (secondary N) is 2. The van der Waals surface area contributed by atoms with Gasteiger partial charge < -0.3 is 14.8 Å².